The van der Waals surface area contributed by atoms with Crippen LogP contribution in [0.4, 0.5) is 8.78 Å². The van der Waals surface area contributed by atoms with E-state index in [9.17, 15) is 8.78 Å². The van der Waals surface area contributed by atoms with Gasteiger partial charge in [-0.15, -0.1) is 0 Å². The first-order valence-corrected chi connectivity index (χ1v) is 5.91. The Morgan fingerprint density at radius 3 is 2.44 bits per heavy atom. The monoisotopic (exact) mass is 247 g/mol. The molecule has 0 saturated carbocycles. The molecule has 18 heavy (non-hydrogen) atoms. The standard InChI is InChI=1S/C15H15F2N/c1-9(2)12-7-11(16)8-13(17)15(12)14-6-10(3)4-5-18-14/h4-9H,1-3H3. The molecule has 0 aliphatic rings. The molecule has 0 radical (unpaired) electrons. The van der Waals surface area contributed by atoms with Gasteiger partial charge in [-0.25, -0.2) is 8.78 Å². The molecule has 0 atom stereocenters. The Balaban J connectivity index is 2.70. The van der Waals surface area contributed by atoms with Gasteiger partial charge in [0.05, 0.1) is 5.69 Å². The van der Waals surface area contributed by atoms with Crippen molar-refractivity contribution in [1.29, 1.82) is 0 Å². The van der Waals surface area contributed by atoms with Crippen LogP contribution in [0, 0.1) is 18.6 Å². The van der Waals surface area contributed by atoms with E-state index in [1.807, 2.05) is 32.9 Å². The average molecular weight is 247 g/mol. The second kappa shape index (κ2) is 4.84. The zero-order chi connectivity index (χ0) is 13.3. The van der Waals surface area contributed by atoms with E-state index in [4.69, 9.17) is 0 Å². The molecule has 0 N–H and O–H groups in total. The number of pyridine rings is 1. The maximum absolute atomic E-state index is 14.0. The van der Waals surface area contributed by atoms with E-state index < -0.39 is 11.6 Å². The van der Waals surface area contributed by atoms with Gasteiger partial charge in [0.15, 0.2) is 0 Å². The topological polar surface area (TPSA) is 12.9 Å². The Morgan fingerprint density at radius 1 is 1.11 bits per heavy atom. The summed E-state index contributed by atoms with van der Waals surface area (Å²) in [6.07, 6.45) is 1.64. The largest absolute Gasteiger partial charge is 0.256 e. The van der Waals surface area contributed by atoms with Crippen molar-refractivity contribution in [2.45, 2.75) is 26.7 Å². The van der Waals surface area contributed by atoms with E-state index >= 15 is 0 Å². The van der Waals surface area contributed by atoms with E-state index in [-0.39, 0.29) is 5.92 Å². The van der Waals surface area contributed by atoms with Gasteiger partial charge in [0.2, 0.25) is 0 Å². The van der Waals surface area contributed by atoms with Gasteiger partial charge in [-0.3, -0.25) is 4.98 Å². The summed E-state index contributed by atoms with van der Waals surface area (Å²) >= 11 is 0. The SMILES string of the molecule is Cc1ccnc(-c2c(F)cc(F)cc2C(C)C)c1. The number of hydrogen-bond donors (Lipinski definition) is 0. The van der Waals surface area contributed by atoms with Crippen molar-refractivity contribution in [2.75, 3.05) is 0 Å². The van der Waals surface area contributed by atoms with Crippen molar-refractivity contribution < 1.29 is 8.78 Å². The number of aryl methyl sites for hydroxylation is 1. The summed E-state index contributed by atoms with van der Waals surface area (Å²) in [6, 6.07) is 5.94. The Bertz CT molecular complexity index is 577. The van der Waals surface area contributed by atoms with Crippen molar-refractivity contribution in [3.05, 3.63) is 53.2 Å². The number of aromatic nitrogens is 1. The highest BCUT2D eigenvalue weighted by atomic mass is 19.1. The molecule has 0 fully saturated rings. The number of hydrogen-bond acceptors (Lipinski definition) is 1. The van der Waals surface area contributed by atoms with Gasteiger partial charge >= 0.3 is 0 Å². The predicted octanol–water partition coefficient (Wildman–Crippen LogP) is 4.46. The number of benzene rings is 1. The maximum Gasteiger partial charge on any atom is 0.135 e. The van der Waals surface area contributed by atoms with Crippen molar-refractivity contribution in [2.24, 2.45) is 0 Å². The van der Waals surface area contributed by atoms with Gasteiger partial charge in [-0.2, -0.15) is 0 Å². The van der Waals surface area contributed by atoms with Crippen LogP contribution in [0.3, 0.4) is 0 Å². The molecule has 0 aliphatic carbocycles. The highest BCUT2D eigenvalue weighted by molar-refractivity contribution is 5.65. The first kappa shape index (κ1) is 12.7. The average Bonchev–Trinajstić information content (AvgIpc) is 2.27. The Hall–Kier alpha value is -1.77. The molecule has 0 spiro atoms. The zero-order valence-corrected chi connectivity index (χ0v) is 10.7. The number of rotatable bonds is 2. The van der Waals surface area contributed by atoms with E-state index in [0.29, 0.717) is 16.8 Å². The van der Waals surface area contributed by atoms with Crippen LogP contribution < -0.4 is 0 Å². The van der Waals surface area contributed by atoms with Gasteiger partial charge in [0, 0.05) is 17.8 Å². The lowest BCUT2D eigenvalue weighted by atomic mass is 9.94. The highest BCUT2D eigenvalue weighted by Crippen LogP contribution is 2.31. The Morgan fingerprint density at radius 2 is 1.83 bits per heavy atom. The molecular weight excluding hydrogens is 232 g/mol. The summed E-state index contributed by atoms with van der Waals surface area (Å²) in [7, 11) is 0. The van der Waals surface area contributed by atoms with Crippen molar-refractivity contribution in [3.8, 4) is 11.3 Å². The fraction of sp³-hybridized carbons (Fsp3) is 0.267. The molecule has 0 saturated heterocycles. The van der Waals surface area contributed by atoms with Gasteiger partial charge in [0.1, 0.15) is 11.6 Å². The van der Waals surface area contributed by atoms with Crippen LogP contribution in [0.1, 0.15) is 30.9 Å². The lowest BCUT2D eigenvalue weighted by molar-refractivity contribution is 0.579. The Labute approximate surface area is 105 Å². The van der Waals surface area contributed by atoms with Gasteiger partial charge in [-0.05, 0) is 42.2 Å². The third-order valence-electron chi connectivity index (χ3n) is 2.88. The van der Waals surface area contributed by atoms with Crippen LogP contribution >= 0.6 is 0 Å². The summed E-state index contributed by atoms with van der Waals surface area (Å²) in [5, 5.41) is 0. The maximum atomic E-state index is 14.0. The smallest absolute Gasteiger partial charge is 0.135 e. The molecule has 0 aliphatic heterocycles. The van der Waals surface area contributed by atoms with Crippen LogP contribution in [0.5, 0.6) is 0 Å². The van der Waals surface area contributed by atoms with Gasteiger partial charge in [-0.1, -0.05) is 13.8 Å². The normalized spacial score (nSPS) is 11.0. The van der Waals surface area contributed by atoms with Gasteiger partial charge < -0.3 is 0 Å². The minimum atomic E-state index is -0.559. The van der Waals surface area contributed by atoms with E-state index in [1.165, 1.54) is 6.07 Å². The molecule has 0 unspecified atom stereocenters. The predicted molar refractivity (Wildman–Crippen MR) is 68.4 cm³/mol. The van der Waals surface area contributed by atoms with Crippen LogP contribution in [0.25, 0.3) is 11.3 Å². The summed E-state index contributed by atoms with van der Waals surface area (Å²) in [5.74, 6) is -1.07. The first-order chi connectivity index (χ1) is 8.49. The molecule has 3 heteroatoms. The number of nitrogens with zero attached hydrogens (tertiary/aromatic N) is 1. The Kier molecular flexibility index (Phi) is 3.41. The number of halogens is 2. The van der Waals surface area contributed by atoms with Crippen LogP contribution in [0.2, 0.25) is 0 Å². The molecule has 1 nitrogen and oxygen atoms in total. The van der Waals surface area contributed by atoms with Crippen molar-refractivity contribution in [1.82, 2.24) is 4.98 Å². The van der Waals surface area contributed by atoms with Crippen molar-refractivity contribution in [3.63, 3.8) is 0 Å². The molecule has 1 heterocycles. The third-order valence-corrected chi connectivity index (χ3v) is 2.88. The quantitative estimate of drug-likeness (QED) is 0.763. The van der Waals surface area contributed by atoms with Crippen molar-refractivity contribution >= 4 is 0 Å². The summed E-state index contributed by atoms with van der Waals surface area (Å²) < 4.78 is 27.3. The lowest BCUT2D eigenvalue weighted by Crippen LogP contribution is -1.99. The fourth-order valence-electron chi connectivity index (χ4n) is 1.99. The molecule has 1 aromatic heterocycles. The molecule has 2 rings (SSSR count). The molecule has 94 valence electrons. The molecule has 0 bridgehead atoms. The van der Waals surface area contributed by atoms with E-state index in [1.54, 1.807) is 6.20 Å². The molecular formula is C15H15F2N. The van der Waals surface area contributed by atoms with Crippen LogP contribution in [-0.2, 0) is 0 Å². The molecule has 2 aromatic rings. The molecule has 1 aromatic carbocycles. The fourth-order valence-corrected chi connectivity index (χ4v) is 1.99. The van der Waals surface area contributed by atoms with Crippen LogP contribution in [0.15, 0.2) is 30.5 Å². The minimum absolute atomic E-state index is 0.0347. The summed E-state index contributed by atoms with van der Waals surface area (Å²) in [5.41, 5.74) is 2.59. The zero-order valence-electron chi connectivity index (χ0n) is 10.7. The molecule has 0 amide bonds. The second-order valence-corrected chi connectivity index (χ2v) is 4.72. The highest BCUT2D eigenvalue weighted by Gasteiger charge is 2.16. The summed E-state index contributed by atoms with van der Waals surface area (Å²) in [4.78, 5) is 4.18. The van der Waals surface area contributed by atoms with Crippen LogP contribution in [-0.4, -0.2) is 4.98 Å². The van der Waals surface area contributed by atoms with Gasteiger partial charge in [0.25, 0.3) is 0 Å². The first-order valence-electron chi connectivity index (χ1n) is 5.91. The third kappa shape index (κ3) is 2.40. The second-order valence-electron chi connectivity index (χ2n) is 4.72. The van der Waals surface area contributed by atoms with E-state index in [2.05, 4.69) is 4.98 Å². The minimum Gasteiger partial charge on any atom is -0.256 e. The lowest BCUT2D eigenvalue weighted by Gasteiger charge is -2.14. The van der Waals surface area contributed by atoms with E-state index in [0.717, 1.165) is 11.6 Å². The summed E-state index contributed by atoms with van der Waals surface area (Å²) in [6.45, 7) is 5.74.